The number of rotatable bonds is 8. The molecule has 1 heterocycles. The van der Waals surface area contributed by atoms with Gasteiger partial charge in [-0.05, 0) is 49.9 Å². The molecule has 0 fully saturated rings. The summed E-state index contributed by atoms with van der Waals surface area (Å²) in [7, 11) is -3.31. The summed E-state index contributed by atoms with van der Waals surface area (Å²) in [6, 6.07) is 74.1. The van der Waals surface area contributed by atoms with Crippen molar-refractivity contribution < 1.29 is 4.57 Å². The number of fused-ring (bicyclic) bond motifs is 2. The molecule has 10 aromatic rings. The molecule has 9 aromatic carbocycles. The van der Waals surface area contributed by atoms with Gasteiger partial charge in [0, 0.05) is 32.6 Å². The molecule has 0 saturated carbocycles. The van der Waals surface area contributed by atoms with E-state index in [-0.39, 0.29) is 0 Å². The normalized spacial score (nSPS) is 11.5. The molecule has 0 saturated heterocycles. The average Bonchev–Trinajstić information content (AvgIpc) is 3.31. The first kappa shape index (κ1) is 35.2. The SMILES string of the molecule is O=P(c1ccc(-c2ccc(-c3cccc(-c4nc(-c5ccccc5)nc(-c5ccccc5)n4)c3)cc2)cc1)(c1cccc2ccccc12)c1cccc2ccccc12. The van der Waals surface area contributed by atoms with Crippen LogP contribution in [0, 0.1) is 0 Å². The number of benzene rings is 9. The van der Waals surface area contributed by atoms with Crippen LogP contribution in [-0.4, -0.2) is 15.0 Å². The van der Waals surface area contributed by atoms with Crippen LogP contribution < -0.4 is 15.9 Å². The third-order valence-electron chi connectivity index (χ3n) is 10.8. The average molecular weight is 762 g/mol. The minimum Gasteiger partial charge on any atom is -0.309 e. The maximum atomic E-state index is 16.0. The molecule has 274 valence electrons. The van der Waals surface area contributed by atoms with Gasteiger partial charge in [0.1, 0.15) is 0 Å². The summed E-state index contributed by atoms with van der Waals surface area (Å²) in [4.78, 5) is 14.7. The molecule has 58 heavy (non-hydrogen) atoms. The zero-order chi connectivity index (χ0) is 38.9. The summed E-state index contributed by atoms with van der Waals surface area (Å²) in [6.45, 7) is 0. The van der Waals surface area contributed by atoms with Crippen LogP contribution in [0.25, 0.3) is 78.0 Å². The van der Waals surface area contributed by atoms with Crippen LogP contribution in [0.3, 0.4) is 0 Å². The summed E-state index contributed by atoms with van der Waals surface area (Å²) >= 11 is 0. The lowest BCUT2D eigenvalue weighted by Crippen LogP contribution is -2.26. The van der Waals surface area contributed by atoms with E-state index in [1.54, 1.807) is 0 Å². The van der Waals surface area contributed by atoms with Gasteiger partial charge in [-0.15, -0.1) is 0 Å². The predicted octanol–water partition coefficient (Wildman–Crippen LogP) is 12.2. The molecule has 0 spiro atoms. The van der Waals surface area contributed by atoms with Crippen molar-refractivity contribution >= 4 is 44.6 Å². The van der Waals surface area contributed by atoms with E-state index in [2.05, 4.69) is 103 Å². The van der Waals surface area contributed by atoms with E-state index in [1.807, 2.05) is 115 Å². The summed E-state index contributed by atoms with van der Waals surface area (Å²) < 4.78 is 16.0. The molecule has 5 heteroatoms. The second kappa shape index (κ2) is 15.0. The molecular formula is C53H36N3OP. The first-order valence-electron chi connectivity index (χ1n) is 19.4. The van der Waals surface area contributed by atoms with E-state index in [1.165, 1.54) is 0 Å². The lowest BCUT2D eigenvalue weighted by molar-refractivity contribution is 0.593. The standard InChI is InChI=1S/C53H36N3OP/c57-58(49-26-12-20-40-14-7-9-24-47(40)49,50-27-13-21-41-15-8-10-25-48(41)50)46-34-32-38(33-35-46)37-28-30-39(31-29-37)44-22-11-23-45(36-44)53-55-51(42-16-3-1-4-17-42)54-52(56-53)43-18-5-2-6-19-43/h1-36H. The number of nitrogens with zero attached hydrogens (tertiary/aromatic N) is 3. The Bertz CT molecular complexity index is 2980. The second-order valence-electron chi connectivity index (χ2n) is 14.3. The van der Waals surface area contributed by atoms with Crippen LogP contribution in [0.4, 0.5) is 0 Å². The van der Waals surface area contributed by atoms with Crippen molar-refractivity contribution in [3.05, 3.63) is 218 Å². The van der Waals surface area contributed by atoms with E-state index in [4.69, 9.17) is 15.0 Å². The third kappa shape index (κ3) is 6.50. The zero-order valence-electron chi connectivity index (χ0n) is 31.5. The van der Waals surface area contributed by atoms with E-state index in [9.17, 15) is 0 Å². The van der Waals surface area contributed by atoms with Gasteiger partial charge < -0.3 is 4.57 Å². The van der Waals surface area contributed by atoms with Crippen LogP contribution >= 0.6 is 7.14 Å². The molecule has 0 bridgehead atoms. The van der Waals surface area contributed by atoms with Gasteiger partial charge in [-0.2, -0.15) is 0 Å². The lowest BCUT2D eigenvalue weighted by atomic mass is 9.99. The van der Waals surface area contributed by atoms with Gasteiger partial charge >= 0.3 is 0 Å². The van der Waals surface area contributed by atoms with Gasteiger partial charge in [-0.25, -0.2) is 15.0 Å². The number of aromatic nitrogens is 3. The van der Waals surface area contributed by atoms with Crippen molar-refractivity contribution in [1.29, 1.82) is 0 Å². The maximum absolute atomic E-state index is 16.0. The minimum atomic E-state index is -3.31. The van der Waals surface area contributed by atoms with Gasteiger partial charge in [-0.1, -0.05) is 212 Å². The number of hydrogen-bond acceptors (Lipinski definition) is 4. The molecule has 0 amide bonds. The molecule has 0 unspecified atom stereocenters. The topological polar surface area (TPSA) is 55.7 Å². The van der Waals surface area contributed by atoms with E-state index in [0.29, 0.717) is 17.5 Å². The smallest absolute Gasteiger partial charge is 0.172 e. The Morgan fingerprint density at radius 3 is 1.17 bits per heavy atom. The van der Waals surface area contributed by atoms with Crippen LogP contribution in [0.5, 0.6) is 0 Å². The Morgan fingerprint density at radius 2 is 0.655 bits per heavy atom. The van der Waals surface area contributed by atoms with Gasteiger partial charge in [0.25, 0.3) is 0 Å². The van der Waals surface area contributed by atoms with Crippen molar-refractivity contribution in [1.82, 2.24) is 15.0 Å². The Kier molecular flexibility index (Phi) is 9.10. The highest BCUT2D eigenvalue weighted by Crippen LogP contribution is 2.46. The molecule has 0 radical (unpaired) electrons. The van der Waals surface area contributed by atoms with Crippen molar-refractivity contribution in [3.8, 4) is 56.4 Å². The maximum Gasteiger partial charge on any atom is 0.172 e. The molecule has 0 aliphatic rings. The predicted molar refractivity (Wildman–Crippen MR) is 241 cm³/mol. The molecular weight excluding hydrogens is 726 g/mol. The summed E-state index contributed by atoms with van der Waals surface area (Å²) in [5.41, 5.74) is 7.07. The summed E-state index contributed by atoms with van der Waals surface area (Å²) in [5.74, 6) is 1.89. The van der Waals surface area contributed by atoms with Gasteiger partial charge in [0.2, 0.25) is 0 Å². The van der Waals surface area contributed by atoms with Crippen molar-refractivity contribution in [2.45, 2.75) is 0 Å². The van der Waals surface area contributed by atoms with Gasteiger partial charge in [0.15, 0.2) is 24.6 Å². The fourth-order valence-electron chi connectivity index (χ4n) is 7.87. The van der Waals surface area contributed by atoms with Crippen LogP contribution in [-0.2, 0) is 4.57 Å². The molecule has 1 aromatic heterocycles. The number of hydrogen-bond donors (Lipinski definition) is 0. The summed E-state index contributed by atoms with van der Waals surface area (Å²) in [5, 5.41) is 6.68. The van der Waals surface area contributed by atoms with Crippen molar-refractivity contribution in [3.63, 3.8) is 0 Å². The van der Waals surface area contributed by atoms with Crippen LogP contribution in [0.2, 0.25) is 0 Å². The largest absolute Gasteiger partial charge is 0.309 e. The Morgan fingerprint density at radius 1 is 0.293 bits per heavy atom. The highest BCUT2D eigenvalue weighted by Gasteiger charge is 2.33. The minimum absolute atomic E-state index is 0.621. The Hall–Kier alpha value is -7.26. The quantitative estimate of drug-likeness (QED) is 0.145. The highest BCUT2D eigenvalue weighted by molar-refractivity contribution is 7.86. The van der Waals surface area contributed by atoms with E-state index in [0.717, 1.165) is 76.4 Å². The van der Waals surface area contributed by atoms with E-state index >= 15 is 4.57 Å². The molecule has 0 atom stereocenters. The van der Waals surface area contributed by atoms with Crippen molar-refractivity contribution in [2.24, 2.45) is 0 Å². The third-order valence-corrected chi connectivity index (χ3v) is 14.0. The fourth-order valence-corrected chi connectivity index (χ4v) is 10.9. The van der Waals surface area contributed by atoms with Crippen molar-refractivity contribution in [2.75, 3.05) is 0 Å². The van der Waals surface area contributed by atoms with Gasteiger partial charge in [0.05, 0.1) is 0 Å². The molecule has 0 aliphatic heterocycles. The first-order valence-corrected chi connectivity index (χ1v) is 21.1. The molecule has 0 N–H and O–H groups in total. The molecule has 10 rings (SSSR count). The monoisotopic (exact) mass is 761 g/mol. The Labute approximate surface area is 337 Å². The van der Waals surface area contributed by atoms with Crippen LogP contribution in [0.1, 0.15) is 0 Å². The second-order valence-corrected chi connectivity index (χ2v) is 17.0. The molecule has 4 nitrogen and oxygen atoms in total. The lowest BCUT2D eigenvalue weighted by Gasteiger charge is -2.23. The highest BCUT2D eigenvalue weighted by atomic mass is 31.2. The fraction of sp³-hybridized carbons (Fsp3) is 0. The summed E-state index contributed by atoms with van der Waals surface area (Å²) in [6.07, 6.45) is 0. The molecule has 0 aliphatic carbocycles. The zero-order valence-corrected chi connectivity index (χ0v) is 32.4. The van der Waals surface area contributed by atoms with Gasteiger partial charge in [-0.3, -0.25) is 0 Å². The van der Waals surface area contributed by atoms with E-state index < -0.39 is 7.14 Å². The van der Waals surface area contributed by atoms with Crippen LogP contribution in [0.15, 0.2) is 218 Å². The first-order chi connectivity index (χ1) is 28.6. The Balaban J connectivity index is 0.994.